The molecule has 2 nitrogen and oxygen atoms in total. The normalized spacial score (nSPS) is 7.62. The van der Waals surface area contributed by atoms with Gasteiger partial charge in [-0.25, -0.2) is 0 Å². The van der Waals surface area contributed by atoms with Crippen molar-refractivity contribution in [2.75, 3.05) is 7.11 Å². The first-order chi connectivity index (χ1) is 3.43. The molecule has 0 bridgehead atoms. The number of aromatic nitrogens is 1. The Balaban J connectivity index is -0.000000163. The van der Waals surface area contributed by atoms with Crippen molar-refractivity contribution < 1.29 is 7.59 Å². The second-order valence-corrected chi connectivity index (χ2v) is 1.25. The van der Waals surface area contributed by atoms with Crippen LogP contribution in [-0.4, -0.2) is 49.8 Å². The van der Waals surface area contributed by atoms with Gasteiger partial charge >= 0.3 is 37.7 Å². The summed E-state index contributed by atoms with van der Waals surface area (Å²) in [7, 11) is 1.64. The number of ether oxygens (including phenoxy) is 1. The summed E-state index contributed by atoms with van der Waals surface area (Å²) in [6.45, 7) is 0. The van der Waals surface area contributed by atoms with Crippen LogP contribution < -0.4 is 4.74 Å². The van der Waals surface area contributed by atoms with Crippen LogP contribution in [0.5, 0.6) is 5.75 Å². The minimum Gasteiger partial charge on any atom is -1.00 e. The van der Waals surface area contributed by atoms with Gasteiger partial charge < -0.3 is 12.6 Å². The van der Waals surface area contributed by atoms with Crippen LogP contribution in [0.1, 0.15) is 2.85 Å². The molecule has 0 aliphatic heterocycles. The summed E-state index contributed by atoms with van der Waals surface area (Å²) < 4.78 is 4.82. The second-order valence-electron chi connectivity index (χ2n) is 1.25. The number of aromatic amines is 1. The molecule has 1 aromatic rings. The Morgan fingerprint density at radius 3 is 2.75 bits per heavy atom. The quantitative estimate of drug-likeness (QED) is 0.574. The summed E-state index contributed by atoms with van der Waals surface area (Å²) in [4.78, 5) is 2.86. The largest absolute Gasteiger partial charge is 2.00 e. The SMILES string of the molecule is COc1cc[nH]c1.[Ca+2].[H-].[H-]. The van der Waals surface area contributed by atoms with Crippen molar-refractivity contribution in [2.45, 2.75) is 0 Å². The van der Waals surface area contributed by atoms with Crippen molar-refractivity contribution in [2.24, 2.45) is 0 Å². The zero-order valence-electron chi connectivity index (χ0n) is 6.85. The summed E-state index contributed by atoms with van der Waals surface area (Å²) in [5.41, 5.74) is 0. The Labute approximate surface area is 81.2 Å². The maximum absolute atomic E-state index is 4.82. The van der Waals surface area contributed by atoms with E-state index < -0.39 is 0 Å². The van der Waals surface area contributed by atoms with Crippen LogP contribution in [0.4, 0.5) is 0 Å². The van der Waals surface area contributed by atoms with E-state index in [2.05, 4.69) is 4.98 Å². The minimum atomic E-state index is 0. The van der Waals surface area contributed by atoms with Gasteiger partial charge in [-0.1, -0.05) is 0 Å². The molecule has 0 aromatic carbocycles. The van der Waals surface area contributed by atoms with Crippen molar-refractivity contribution in [3.05, 3.63) is 18.5 Å². The van der Waals surface area contributed by atoms with Crippen LogP contribution in [0.3, 0.4) is 0 Å². The summed E-state index contributed by atoms with van der Waals surface area (Å²) in [5, 5.41) is 0. The van der Waals surface area contributed by atoms with Crippen molar-refractivity contribution in [3.63, 3.8) is 0 Å². The van der Waals surface area contributed by atoms with Crippen LogP contribution in [0, 0.1) is 0 Å². The summed E-state index contributed by atoms with van der Waals surface area (Å²) in [6.07, 6.45) is 3.61. The Morgan fingerprint density at radius 1 is 1.75 bits per heavy atom. The van der Waals surface area contributed by atoms with Crippen LogP contribution in [0.25, 0.3) is 0 Å². The molecular formula is C5H9CaNO. The topological polar surface area (TPSA) is 25.0 Å². The van der Waals surface area contributed by atoms with Crippen molar-refractivity contribution in [1.82, 2.24) is 4.98 Å². The van der Waals surface area contributed by atoms with Gasteiger partial charge in [0.15, 0.2) is 0 Å². The Bertz CT molecular complexity index is 134. The van der Waals surface area contributed by atoms with Crippen LogP contribution in [-0.2, 0) is 0 Å². The van der Waals surface area contributed by atoms with Gasteiger partial charge in [0.1, 0.15) is 5.75 Å². The molecule has 0 fully saturated rings. The standard InChI is InChI=1S/C5H7NO.Ca.2H/c1-7-5-2-3-6-4-5;;;/h2-4,6H,1H3;;;/q;+2;2*-1. The van der Waals surface area contributed by atoms with E-state index >= 15 is 0 Å². The molecule has 0 radical (unpaired) electrons. The van der Waals surface area contributed by atoms with Crippen LogP contribution in [0.15, 0.2) is 18.5 Å². The smallest absolute Gasteiger partial charge is 1.00 e. The van der Waals surface area contributed by atoms with E-state index in [1.165, 1.54) is 0 Å². The molecule has 0 unspecified atom stereocenters. The number of H-pyrrole nitrogens is 1. The van der Waals surface area contributed by atoms with E-state index in [9.17, 15) is 0 Å². The first kappa shape index (κ1) is 8.34. The third kappa shape index (κ3) is 2.07. The maximum atomic E-state index is 4.82. The molecule has 1 N–H and O–H groups in total. The fraction of sp³-hybridized carbons (Fsp3) is 0.200. The molecule has 1 aromatic heterocycles. The molecule has 8 heavy (non-hydrogen) atoms. The van der Waals surface area contributed by atoms with Gasteiger partial charge in [0.25, 0.3) is 0 Å². The van der Waals surface area contributed by atoms with Crippen LogP contribution in [0.2, 0.25) is 0 Å². The Morgan fingerprint density at radius 2 is 2.50 bits per heavy atom. The van der Waals surface area contributed by atoms with E-state index in [1.807, 2.05) is 12.3 Å². The predicted octanol–water partition coefficient (Wildman–Crippen LogP) is 0.867. The molecule has 3 heteroatoms. The van der Waals surface area contributed by atoms with Gasteiger partial charge in [0.2, 0.25) is 0 Å². The first-order valence-corrected chi connectivity index (χ1v) is 2.10. The van der Waals surface area contributed by atoms with Gasteiger partial charge in [-0.05, 0) is 6.07 Å². The zero-order chi connectivity index (χ0) is 5.11. The molecule has 0 saturated carbocycles. The molecule has 0 atom stereocenters. The molecule has 1 heterocycles. The first-order valence-electron chi connectivity index (χ1n) is 2.10. The minimum absolute atomic E-state index is 0. The van der Waals surface area contributed by atoms with E-state index in [1.54, 1.807) is 13.3 Å². The number of hydrogen-bond acceptors (Lipinski definition) is 1. The number of nitrogens with one attached hydrogen (secondary N) is 1. The van der Waals surface area contributed by atoms with Crippen LogP contribution >= 0.6 is 0 Å². The van der Waals surface area contributed by atoms with E-state index in [0.29, 0.717) is 0 Å². The van der Waals surface area contributed by atoms with Crippen molar-refractivity contribution in [1.29, 1.82) is 0 Å². The molecule has 1 rings (SSSR count). The van der Waals surface area contributed by atoms with Gasteiger partial charge in [0, 0.05) is 12.4 Å². The average molecular weight is 139 g/mol. The zero-order valence-corrected chi connectivity index (χ0v) is 7.06. The summed E-state index contributed by atoms with van der Waals surface area (Å²) >= 11 is 0. The molecule has 0 spiro atoms. The Kier molecular flexibility index (Phi) is 4.42. The van der Waals surface area contributed by atoms with Gasteiger partial charge in [-0.3, -0.25) is 0 Å². The predicted molar refractivity (Wildman–Crippen MR) is 35.3 cm³/mol. The summed E-state index contributed by atoms with van der Waals surface area (Å²) in [6, 6.07) is 1.86. The van der Waals surface area contributed by atoms with E-state index in [-0.39, 0.29) is 40.6 Å². The fourth-order valence-electron chi connectivity index (χ4n) is 0.436. The maximum Gasteiger partial charge on any atom is 2.00 e. The summed E-state index contributed by atoms with van der Waals surface area (Å²) in [5.74, 6) is 0.875. The number of hydrogen-bond donors (Lipinski definition) is 1. The van der Waals surface area contributed by atoms with Gasteiger partial charge in [-0.2, -0.15) is 0 Å². The molecule has 0 amide bonds. The monoisotopic (exact) mass is 139 g/mol. The third-order valence-corrected chi connectivity index (χ3v) is 0.805. The number of rotatable bonds is 1. The van der Waals surface area contributed by atoms with Crippen molar-refractivity contribution in [3.8, 4) is 5.75 Å². The van der Waals surface area contributed by atoms with E-state index in [4.69, 9.17) is 4.74 Å². The van der Waals surface area contributed by atoms with Gasteiger partial charge in [0.05, 0.1) is 7.11 Å². The van der Waals surface area contributed by atoms with Gasteiger partial charge in [-0.15, -0.1) is 0 Å². The average Bonchev–Trinajstić information content (AvgIpc) is 2.14. The molecule has 0 aliphatic rings. The third-order valence-electron chi connectivity index (χ3n) is 0.805. The second kappa shape index (κ2) is 4.24. The molecule has 0 aliphatic carbocycles. The van der Waals surface area contributed by atoms with Crippen molar-refractivity contribution >= 4 is 37.7 Å². The number of methoxy groups -OCH3 is 1. The molecule has 42 valence electrons. The Hall–Kier alpha value is 0.340. The van der Waals surface area contributed by atoms with E-state index in [0.717, 1.165) is 5.75 Å². The molecule has 0 saturated heterocycles. The molecular weight excluding hydrogens is 130 g/mol. The fourth-order valence-corrected chi connectivity index (χ4v) is 0.436.